The van der Waals surface area contributed by atoms with Crippen LogP contribution in [0.25, 0.3) is 10.9 Å². The molecular formula is C16H22N2O. The largest absolute Gasteiger partial charge is 0.494 e. The van der Waals surface area contributed by atoms with E-state index in [4.69, 9.17) is 9.72 Å². The highest BCUT2D eigenvalue weighted by atomic mass is 16.5. The minimum Gasteiger partial charge on any atom is -0.494 e. The van der Waals surface area contributed by atoms with Crippen molar-refractivity contribution in [3.05, 3.63) is 29.3 Å². The lowest BCUT2D eigenvalue weighted by Crippen LogP contribution is -2.05. The molecular weight excluding hydrogens is 236 g/mol. The van der Waals surface area contributed by atoms with E-state index < -0.39 is 0 Å². The van der Waals surface area contributed by atoms with E-state index in [9.17, 15) is 0 Å². The maximum Gasteiger partial charge on any atom is 0.145 e. The average molecular weight is 258 g/mol. The van der Waals surface area contributed by atoms with Gasteiger partial charge in [-0.25, -0.2) is 4.98 Å². The maximum absolute atomic E-state index is 5.43. The fraction of sp³-hybridized carbons (Fsp3) is 0.438. The van der Waals surface area contributed by atoms with Gasteiger partial charge in [0.25, 0.3) is 0 Å². The van der Waals surface area contributed by atoms with Gasteiger partial charge >= 0.3 is 0 Å². The molecule has 2 aromatic rings. The second kappa shape index (κ2) is 5.47. The van der Waals surface area contributed by atoms with Crippen LogP contribution < -0.4 is 10.1 Å². The van der Waals surface area contributed by atoms with Gasteiger partial charge in [-0.2, -0.15) is 0 Å². The molecule has 1 heterocycles. The van der Waals surface area contributed by atoms with Crippen molar-refractivity contribution in [1.82, 2.24) is 4.98 Å². The number of hydrogen-bond donors (Lipinski definition) is 1. The first-order chi connectivity index (χ1) is 9.08. The molecule has 0 aliphatic carbocycles. The van der Waals surface area contributed by atoms with Crippen molar-refractivity contribution < 1.29 is 4.74 Å². The molecule has 0 spiro atoms. The number of pyridine rings is 1. The minimum atomic E-state index is 0.441. The summed E-state index contributed by atoms with van der Waals surface area (Å²) in [6.45, 7) is 9.45. The molecule has 0 amide bonds. The van der Waals surface area contributed by atoms with Crippen LogP contribution in [0, 0.1) is 6.92 Å². The molecule has 1 aromatic heterocycles. The zero-order valence-electron chi connectivity index (χ0n) is 12.4. The number of ether oxygens (including phenoxy) is 1. The van der Waals surface area contributed by atoms with Crippen LogP contribution in [0.2, 0.25) is 0 Å². The molecule has 0 fully saturated rings. The van der Waals surface area contributed by atoms with Crippen LogP contribution in [0.15, 0.2) is 18.2 Å². The van der Waals surface area contributed by atoms with E-state index >= 15 is 0 Å². The summed E-state index contributed by atoms with van der Waals surface area (Å²) in [4.78, 5) is 4.78. The Labute approximate surface area is 115 Å². The first kappa shape index (κ1) is 13.7. The fourth-order valence-corrected chi connectivity index (χ4v) is 2.30. The van der Waals surface area contributed by atoms with E-state index in [1.54, 1.807) is 7.11 Å². The number of rotatable bonds is 4. The van der Waals surface area contributed by atoms with Crippen molar-refractivity contribution in [3.63, 3.8) is 0 Å². The zero-order valence-corrected chi connectivity index (χ0v) is 12.4. The Morgan fingerprint density at radius 1 is 1.32 bits per heavy atom. The molecule has 3 heteroatoms. The average Bonchev–Trinajstić information content (AvgIpc) is 2.39. The number of methoxy groups -OCH3 is 1. The Hall–Kier alpha value is -1.77. The molecule has 0 saturated carbocycles. The number of nitrogens with zero attached hydrogens (tertiary/aromatic N) is 1. The third-order valence-corrected chi connectivity index (χ3v) is 3.38. The molecule has 2 rings (SSSR count). The lowest BCUT2D eigenvalue weighted by atomic mass is 9.99. The van der Waals surface area contributed by atoms with E-state index in [1.807, 2.05) is 6.07 Å². The van der Waals surface area contributed by atoms with E-state index in [0.29, 0.717) is 5.92 Å². The molecule has 3 nitrogen and oxygen atoms in total. The molecule has 0 aliphatic heterocycles. The minimum absolute atomic E-state index is 0.441. The van der Waals surface area contributed by atoms with Crippen molar-refractivity contribution in [2.75, 3.05) is 19.0 Å². The van der Waals surface area contributed by atoms with Gasteiger partial charge in [0.15, 0.2) is 0 Å². The lowest BCUT2D eigenvalue weighted by Gasteiger charge is -2.16. The summed E-state index contributed by atoms with van der Waals surface area (Å²) in [5.41, 5.74) is 3.42. The number of anilines is 1. The van der Waals surface area contributed by atoms with Gasteiger partial charge in [0.05, 0.1) is 7.11 Å². The summed E-state index contributed by atoms with van der Waals surface area (Å²) in [5.74, 6) is 2.24. The van der Waals surface area contributed by atoms with Gasteiger partial charge in [0.1, 0.15) is 17.1 Å². The van der Waals surface area contributed by atoms with Crippen molar-refractivity contribution in [2.24, 2.45) is 0 Å². The predicted molar refractivity (Wildman–Crippen MR) is 81.3 cm³/mol. The van der Waals surface area contributed by atoms with Crippen molar-refractivity contribution in [3.8, 4) is 5.75 Å². The van der Waals surface area contributed by atoms with Crippen LogP contribution >= 0.6 is 0 Å². The van der Waals surface area contributed by atoms with Crippen molar-refractivity contribution in [2.45, 2.75) is 33.6 Å². The van der Waals surface area contributed by atoms with Gasteiger partial charge in [-0.05, 0) is 43.0 Å². The fourth-order valence-electron chi connectivity index (χ4n) is 2.30. The standard InChI is InChI=1S/C16H22N2O/c1-6-17-16-12(10(2)3)9-13-11(4)7-8-14(19-5)15(13)18-16/h7-10H,6H2,1-5H3,(H,17,18). The van der Waals surface area contributed by atoms with Gasteiger partial charge in [-0.3, -0.25) is 0 Å². The van der Waals surface area contributed by atoms with Crippen LogP contribution in [0.1, 0.15) is 37.8 Å². The van der Waals surface area contributed by atoms with Gasteiger partial charge in [-0.1, -0.05) is 19.9 Å². The molecule has 1 aromatic carbocycles. The summed E-state index contributed by atoms with van der Waals surface area (Å²) in [5, 5.41) is 4.52. The second-order valence-electron chi connectivity index (χ2n) is 5.09. The highest BCUT2D eigenvalue weighted by Gasteiger charge is 2.13. The first-order valence-corrected chi connectivity index (χ1v) is 6.80. The Morgan fingerprint density at radius 3 is 2.63 bits per heavy atom. The van der Waals surface area contributed by atoms with Crippen LogP contribution in [0.4, 0.5) is 5.82 Å². The van der Waals surface area contributed by atoms with E-state index in [1.165, 1.54) is 16.5 Å². The van der Waals surface area contributed by atoms with E-state index in [2.05, 4.69) is 45.1 Å². The highest BCUT2D eigenvalue weighted by molar-refractivity contribution is 5.89. The Balaban J connectivity index is 2.76. The van der Waals surface area contributed by atoms with Gasteiger partial charge in [0.2, 0.25) is 0 Å². The number of fused-ring (bicyclic) bond motifs is 1. The molecule has 1 N–H and O–H groups in total. The van der Waals surface area contributed by atoms with Gasteiger partial charge in [0, 0.05) is 11.9 Å². The third kappa shape index (κ3) is 2.50. The van der Waals surface area contributed by atoms with E-state index in [-0.39, 0.29) is 0 Å². The van der Waals surface area contributed by atoms with E-state index in [0.717, 1.165) is 23.6 Å². The first-order valence-electron chi connectivity index (χ1n) is 6.80. The maximum atomic E-state index is 5.43. The molecule has 0 saturated heterocycles. The SMILES string of the molecule is CCNc1nc2c(OC)ccc(C)c2cc1C(C)C. The summed E-state index contributed by atoms with van der Waals surface area (Å²) >= 11 is 0. The van der Waals surface area contributed by atoms with Crippen molar-refractivity contribution >= 4 is 16.7 Å². The molecule has 0 bridgehead atoms. The summed E-state index contributed by atoms with van der Waals surface area (Å²) in [6, 6.07) is 6.30. The Morgan fingerprint density at radius 2 is 2.05 bits per heavy atom. The number of aromatic nitrogens is 1. The Kier molecular flexibility index (Phi) is 3.93. The van der Waals surface area contributed by atoms with Gasteiger partial charge < -0.3 is 10.1 Å². The monoisotopic (exact) mass is 258 g/mol. The zero-order chi connectivity index (χ0) is 14.0. The molecule has 0 unspecified atom stereocenters. The number of aryl methyl sites for hydroxylation is 1. The molecule has 0 atom stereocenters. The lowest BCUT2D eigenvalue weighted by molar-refractivity contribution is 0.419. The summed E-state index contributed by atoms with van der Waals surface area (Å²) in [7, 11) is 1.69. The molecule has 102 valence electrons. The molecule has 19 heavy (non-hydrogen) atoms. The molecule has 0 radical (unpaired) electrons. The van der Waals surface area contributed by atoms with Crippen LogP contribution in [-0.2, 0) is 0 Å². The Bertz CT molecular complexity index is 591. The van der Waals surface area contributed by atoms with Gasteiger partial charge in [-0.15, -0.1) is 0 Å². The van der Waals surface area contributed by atoms with Crippen LogP contribution in [0.5, 0.6) is 5.75 Å². The van der Waals surface area contributed by atoms with Crippen LogP contribution in [0.3, 0.4) is 0 Å². The second-order valence-corrected chi connectivity index (χ2v) is 5.09. The number of benzene rings is 1. The summed E-state index contributed by atoms with van der Waals surface area (Å²) in [6.07, 6.45) is 0. The molecule has 0 aliphatic rings. The topological polar surface area (TPSA) is 34.2 Å². The predicted octanol–water partition coefficient (Wildman–Crippen LogP) is 4.11. The number of nitrogens with one attached hydrogen (secondary N) is 1. The third-order valence-electron chi connectivity index (χ3n) is 3.38. The van der Waals surface area contributed by atoms with Crippen molar-refractivity contribution in [1.29, 1.82) is 0 Å². The summed E-state index contributed by atoms with van der Waals surface area (Å²) < 4.78 is 5.43. The number of hydrogen-bond acceptors (Lipinski definition) is 3. The highest BCUT2D eigenvalue weighted by Crippen LogP contribution is 2.32. The smallest absolute Gasteiger partial charge is 0.145 e. The normalized spacial score (nSPS) is 11.1. The van der Waals surface area contributed by atoms with Crippen LogP contribution in [-0.4, -0.2) is 18.6 Å². The quantitative estimate of drug-likeness (QED) is 0.896.